The summed E-state index contributed by atoms with van der Waals surface area (Å²) in [6.45, 7) is 7.95. The molecule has 0 aromatic carbocycles. The van der Waals surface area contributed by atoms with Gasteiger partial charge in [-0.05, 0) is 18.6 Å². The number of aromatic nitrogens is 3. The van der Waals surface area contributed by atoms with Crippen LogP contribution >= 0.6 is 0 Å². The van der Waals surface area contributed by atoms with Gasteiger partial charge in [0.1, 0.15) is 11.4 Å². The molecule has 0 saturated heterocycles. The molecule has 23 heavy (non-hydrogen) atoms. The van der Waals surface area contributed by atoms with Crippen molar-refractivity contribution in [1.29, 1.82) is 0 Å². The van der Waals surface area contributed by atoms with Crippen LogP contribution in [0.3, 0.4) is 0 Å². The van der Waals surface area contributed by atoms with E-state index in [0.29, 0.717) is 18.1 Å². The van der Waals surface area contributed by atoms with E-state index in [1.54, 1.807) is 26.4 Å². The number of hydrogen-bond acceptors (Lipinski definition) is 4. The SMILES string of the molecule is Cc1nc(C(C)(C)C)[nH]c(=O)c1C(=O)N(C)Cc1cccnc1. The fourth-order valence-electron chi connectivity index (χ4n) is 2.22. The van der Waals surface area contributed by atoms with Gasteiger partial charge < -0.3 is 9.88 Å². The number of pyridine rings is 1. The van der Waals surface area contributed by atoms with Crippen LogP contribution in [0.1, 0.15) is 48.2 Å². The summed E-state index contributed by atoms with van der Waals surface area (Å²) < 4.78 is 0. The van der Waals surface area contributed by atoms with Gasteiger partial charge in [0.25, 0.3) is 11.5 Å². The smallest absolute Gasteiger partial charge is 0.264 e. The zero-order valence-corrected chi connectivity index (χ0v) is 14.2. The first-order valence-electron chi connectivity index (χ1n) is 7.46. The molecule has 0 atom stereocenters. The van der Waals surface area contributed by atoms with Crippen molar-refractivity contribution in [2.45, 2.75) is 39.7 Å². The summed E-state index contributed by atoms with van der Waals surface area (Å²) in [5.74, 6) is 0.229. The van der Waals surface area contributed by atoms with Crippen molar-refractivity contribution < 1.29 is 4.79 Å². The molecule has 122 valence electrons. The van der Waals surface area contributed by atoms with Gasteiger partial charge in [0.2, 0.25) is 0 Å². The topological polar surface area (TPSA) is 79.0 Å². The van der Waals surface area contributed by atoms with Gasteiger partial charge in [0.15, 0.2) is 0 Å². The minimum absolute atomic E-state index is 0.0874. The van der Waals surface area contributed by atoms with Crippen LogP contribution in [0, 0.1) is 6.92 Å². The number of nitrogens with one attached hydrogen (secondary N) is 1. The minimum Gasteiger partial charge on any atom is -0.337 e. The van der Waals surface area contributed by atoms with Crippen LogP contribution < -0.4 is 5.56 Å². The molecule has 2 heterocycles. The fourth-order valence-corrected chi connectivity index (χ4v) is 2.22. The highest BCUT2D eigenvalue weighted by Crippen LogP contribution is 2.18. The van der Waals surface area contributed by atoms with E-state index < -0.39 is 5.56 Å². The summed E-state index contributed by atoms with van der Waals surface area (Å²) in [7, 11) is 1.66. The summed E-state index contributed by atoms with van der Waals surface area (Å²) in [5, 5.41) is 0. The molecule has 1 N–H and O–H groups in total. The van der Waals surface area contributed by atoms with E-state index in [1.165, 1.54) is 4.90 Å². The standard InChI is InChI=1S/C17H22N4O2/c1-11-13(14(22)20-16(19-11)17(2,3)4)15(23)21(5)10-12-7-6-8-18-9-12/h6-9H,10H2,1-5H3,(H,19,20,22). The van der Waals surface area contributed by atoms with Gasteiger partial charge >= 0.3 is 0 Å². The Morgan fingerprint density at radius 3 is 2.57 bits per heavy atom. The van der Waals surface area contributed by atoms with Gasteiger partial charge in [-0.15, -0.1) is 0 Å². The number of aryl methyl sites for hydroxylation is 1. The Labute approximate surface area is 135 Å². The molecule has 1 amide bonds. The predicted molar refractivity (Wildman–Crippen MR) is 88.3 cm³/mol. The Morgan fingerprint density at radius 1 is 1.35 bits per heavy atom. The number of carbonyl (C=O) groups excluding carboxylic acids is 1. The lowest BCUT2D eigenvalue weighted by molar-refractivity contribution is 0.0781. The molecule has 0 spiro atoms. The monoisotopic (exact) mass is 314 g/mol. The van der Waals surface area contributed by atoms with Crippen LogP contribution in [0.4, 0.5) is 0 Å². The minimum atomic E-state index is -0.398. The lowest BCUT2D eigenvalue weighted by Gasteiger charge is -2.20. The molecule has 6 nitrogen and oxygen atoms in total. The highest BCUT2D eigenvalue weighted by Gasteiger charge is 2.24. The Hall–Kier alpha value is -2.50. The molecule has 0 saturated carbocycles. The van der Waals surface area contributed by atoms with Crippen molar-refractivity contribution in [1.82, 2.24) is 19.9 Å². The molecule has 2 aromatic heterocycles. The van der Waals surface area contributed by atoms with Crippen LogP contribution in [0.5, 0.6) is 0 Å². The molecule has 2 aromatic rings. The largest absolute Gasteiger partial charge is 0.337 e. The maximum absolute atomic E-state index is 12.6. The Kier molecular flexibility index (Phi) is 4.63. The number of H-pyrrole nitrogens is 1. The van der Waals surface area contributed by atoms with Gasteiger partial charge in [-0.25, -0.2) is 4.98 Å². The first kappa shape index (κ1) is 16.9. The van der Waals surface area contributed by atoms with E-state index in [1.807, 2.05) is 32.9 Å². The molecule has 0 aliphatic rings. The summed E-state index contributed by atoms with van der Waals surface area (Å²) in [6.07, 6.45) is 3.37. The highest BCUT2D eigenvalue weighted by atomic mass is 16.2. The summed E-state index contributed by atoms with van der Waals surface area (Å²) >= 11 is 0. The maximum Gasteiger partial charge on any atom is 0.264 e. The Balaban J connectivity index is 2.31. The van der Waals surface area contributed by atoms with E-state index >= 15 is 0 Å². The van der Waals surface area contributed by atoms with Gasteiger partial charge in [-0.2, -0.15) is 0 Å². The van der Waals surface area contributed by atoms with Crippen LogP contribution in [0.2, 0.25) is 0 Å². The lowest BCUT2D eigenvalue weighted by Crippen LogP contribution is -2.34. The van der Waals surface area contributed by atoms with Gasteiger partial charge in [0.05, 0.1) is 5.69 Å². The van der Waals surface area contributed by atoms with Crippen LogP contribution in [0.15, 0.2) is 29.3 Å². The number of rotatable bonds is 3. The molecular formula is C17H22N4O2. The molecule has 0 aliphatic carbocycles. The molecule has 2 rings (SSSR count). The van der Waals surface area contributed by atoms with E-state index in [2.05, 4.69) is 15.0 Å². The van der Waals surface area contributed by atoms with E-state index in [-0.39, 0.29) is 16.9 Å². The Bertz CT molecular complexity index is 760. The average Bonchev–Trinajstić information content (AvgIpc) is 2.46. The predicted octanol–water partition coefficient (Wildman–Crippen LogP) is 2.04. The second-order valence-corrected chi connectivity index (χ2v) is 6.65. The third-order valence-electron chi connectivity index (χ3n) is 3.51. The van der Waals surface area contributed by atoms with Crippen molar-refractivity contribution in [3.05, 3.63) is 57.5 Å². The van der Waals surface area contributed by atoms with E-state index in [9.17, 15) is 9.59 Å². The normalized spacial score (nSPS) is 11.3. The quantitative estimate of drug-likeness (QED) is 0.940. The average molecular weight is 314 g/mol. The summed E-state index contributed by atoms with van der Waals surface area (Å²) in [4.78, 5) is 37.6. The molecule has 0 bridgehead atoms. The van der Waals surface area contributed by atoms with Gasteiger partial charge in [0, 0.05) is 31.4 Å². The third kappa shape index (κ3) is 3.83. The molecule has 0 radical (unpaired) electrons. The van der Waals surface area contributed by atoms with Crippen LogP contribution in [-0.2, 0) is 12.0 Å². The second-order valence-electron chi connectivity index (χ2n) is 6.65. The fraction of sp³-hybridized carbons (Fsp3) is 0.412. The van der Waals surface area contributed by atoms with Crippen molar-refractivity contribution in [2.24, 2.45) is 0 Å². The first-order chi connectivity index (χ1) is 10.7. The Morgan fingerprint density at radius 2 is 2.04 bits per heavy atom. The van der Waals surface area contributed by atoms with E-state index in [0.717, 1.165) is 5.56 Å². The van der Waals surface area contributed by atoms with Crippen molar-refractivity contribution in [2.75, 3.05) is 7.05 Å². The highest BCUT2D eigenvalue weighted by molar-refractivity contribution is 5.94. The number of hydrogen-bond donors (Lipinski definition) is 1. The van der Waals surface area contributed by atoms with Crippen LogP contribution in [0.25, 0.3) is 0 Å². The zero-order valence-electron chi connectivity index (χ0n) is 14.2. The molecule has 0 unspecified atom stereocenters. The van der Waals surface area contributed by atoms with Crippen LogP contribution in [-0.4, -0.2) is 32.8 Å². The van der Waals surface area contributed by atoms with E-state index in [4.69, 9.17) is 0 Å². The molecule has 0 fully saturated rings. The second kappa shape index (κ2) is 6.32. The van der Waals surface area contributed by atoms with Crippen molar-refractivity contribution in [3.63, 3.8) is 0 Å². The lowest BCUT2D eigenvalue weighted by atomic mass is 9.95. The maximum atomic E-state index is 12.6. The number of nitrogens with zero attached hydrogens (tertiary/aromatic N) is 3. The number of amides is 1. The van der Waals surface area contributed by atoms with Gasteiger partial charge in [-0.3, -0.25) is 14.6 Å². The summed E-state index contributed by atoms with van der Waals surface area (Å²) in [6, 6.07) is 3.69. The molecule has 6 heteroatoms. The number of carbonyl (C=O) groups is 1. The van der Waals surface area contributed by atoms with Crippen molar-refractivity contribution >= 4 is 5.91 Å². The molecule has 0 aliphatic heterocycles. The first-order valence-corrected chi connectivity index (χ1v) is 7.46. The van der Waals surface area contributed by atoms with Gasteiger partial charge in [-0.1, -0.05) is 26.8 Å². The third-order valence-corrected chi connectivity index (χ3v) is 3.51. The summed E-state index contributed by atoms with van der Waals surface area (Å²) in [5.41, 5.74) is 0.751. The number of aromatic amines is 1. The van der Waals surface area contributed by atoms with Crippen molar-refractivity contribution in [3.8, 4) is 0 Å². The zero-order chi connectivity index (χ0) is 17.2. The molecular weight excluding hydrogens is 292 g/mol.